The van der Waals surface area contributed by atoms with Crippen molar-refractivity contribution in [3.05, 3.63) is 22.9 Å². The maximum atomic E-state index is 13.0. The van der Waals surface area contributed by atoms with E-state index in [0.29, 0.717) is 40.8 Å². The second-order valence-electron chi connectivity index (χ2n) is 11.8. The van der Waals surface area contributed by atoms with Gasteiger partial charge in [-0.25, -0.2) is 14.6 Å². The van der Waals surface area contributed by atoms with Crippen molar-refractivity contribution in [3.8, 4) is 15.9 Å². The van der Waals surface area contributed by atoms with Crippen LogP contribution in [0.4, 0.5) is 9.59 Å². The van der Waals surface area contributed by atoms with E-state index < -0.39 is 17.3 Å². The number of thiazole rings is 2. The number of halogens is 1. The summed E-state index contributed by atoms with van der Waals surface area (Å²) in [5.41, 5.74) is 0.0305. The first-order valence-corrected chi connectivity index (χ1v) is 15.4. The lowest BCUT2D eigenvalue weighted by atomic mass is 10.0. The third-order valence-corrected chi connectivity index (χ3v) is 8.70. The molecule has 0 spiro atoms. The van der Waals surface area contributed by atoms with Gasteiger partial charge in [-0.05, 0) is 70.5 Å². The first-order chi connectivity index (χ1) is 18.7. The van der Waals surface area contributed by atoms with Gasteiger partial charge in [-0.3, -0.25) is 9.55 Å². The van der Waals surface area contributed by atoms with Crippen molar-refractivity contribution in [2.24, 2.45) is 0 Å². The SMILES string of the molecule is C[C@H]1C[C@@H](Oc2nc3sc(-c4ncc(Br)c5ccn(C(=O)OC(C)(C)C)c45)nc3s2)CCN1C(=O)OC(C)(C)C. The summed E-state index contributed by atoms with van der Waals surface area (Å²) in [7, 11) is 0. The monoisotopic (exact) mass is 649 g/mol. The number of ether oxygens (including phenoxy) is 3. The Morgan fingerprint density at radius 2 is 1.70 bits per heavy atom. The fourth-order valence-corrected chi connectivity index (χ4v) is 6.86. The zero-order chi connectivity index (χ0) is 29.0. The minimum absolute atomic E-state index is 0.00786. The molecule has 1 aliphatic rings. The standard InChI is InChI=1S/C27H32BrN5O5S2/c1-14-12-15(8-10-32(14)24(34)37-26(2,3)4)36-23-31-22-21(40-23)30-20(39-22)18-19-16(17(28)13-29-18)9-11-33(19)25(35)38-27(5,6)7/h9,11,13-15H,8,10,12H2,1-7H3/t14-,15-/m0/s1. The molecule has 1 aliphatic heterocycles. The highest BCUT2D eigenvalue weighted by Gasteiger charge is 2.33. The highest BCUT2D eigenvalue weighted by atomic mass is 79.9. The Morgan fingerprint density at radius 3 is 2.35 bits per heavy atom. The number of piperidine rings is 1. The molecule has 214 valence electrons. The summed E-state index contributed by atoms with van der Waals surface area (Å²) < 4.78 is 19.6. The van der Waals surface area contributed by atoms with Crippen molar-refractivity contribution in [1.29, 1.82) is 0 Å². The van der Waals surface area contributed by atoms with E-state index in [0.717, 1.165) is 19.5 Å². The Labute approximate surface area is 248 Å². The first kappa shape index (κ1) is 28.7. The van der Waals surface area contributed by atoms with E-state index in [1.807, 2.05) is 54.5 Å². The smallest absolute Gasteiger partial charge is 0.419 e. The molecule has 40 heavy (non-hydrogen) atoms. The molecule has 0 saturated carbocycles. The molecule has 13 heteroatoms. The summed E-state index contributed by atoms with van der Waals surface area (Å²) in [4.78, 5) is 42.8. The first-order valence-electron chi connectivity index (χ1n) is 13.0. The predicted molar refractivity (Wildman–Crippen MR) is 159 cm³/mol. The van der Waals surface area contributed by atoms with E-state index in [9.17, 15) is 9.59 Å². The van der Waals surface area contributed by atoms with Crippen LogP contribution in [0, 0.1) is 0 Å². The second kappa shape index (κ2) is 10.6. The average molecular weight is 651 g/mol. The van der Waals surface area contributed by atoms with Gasteiger partial charge in [0.05, 0.1) is 5.52 Å². The van der Waals surface area contributed by atoms with Gasteiger partial charge in [-0.2, -0.15) is 4.98 Å². The van der Waals surface area contributed by atoms with E-state index >= 15 is 0 Å². The Balaban J connectivity index is 1.34. The Morgan fingerprint density at radius 1 is 1.02 bits per heavy atom. The summed E-state index contributed by atoms with van der Waals surface area (Å²) in [6.45, 7) is 13.7. The third-order valence-electron chi connectivity index (χ3n) is 6.15. The topological polar surface area (TPSA) is 109 Å². The number of amides is 1. The lowest BCUT2D eigenvalue weighted by Crippen LogP contribution is -2.49. The van der Waals surface area contributed by atoms with Crippen LogP contribution in [0.1, 0.15) is 61.3 Å². The highest BCUT2D eigenvalue weighted by Crippen LogP contribution is 2.39. The zero-order valence-electron chi connectivity index (χ0n) is 23.5. The summed E-state index contributed by atoms with van der Waals surface area (Å²) in [6.07, 6.45) is 3.94. The molecule has 1 saturated heterocycles. The Bertz CT molecular complexity index is 1550. The van der Waals surface area contributed by atoms with Crippen molar-refractivity contribution in [1.82, 2.24) is 24.4 Å². The van der Waals surface area contributed by atoms with Gasteiger partial charge in [-0.15, -0.1) is 0 Å². The van der Waals surface area contributed by atoms with Crippen molar-refractivity contribution in [2.75, 3.05) is 6.54 Å². The second-order valence-corrected chi connectivity index (χ2v) is 14.6. The molecule has 0 bridgehead atoms. The number of pyridine rings is 1. The van der Waals surface area contributed by atoms with Crippen LogP contribution in [0.25, 0.3) is 31.3 Å². The van der Waals surface area contributed by atoms with E-state index in [2.05, 4.69) is 25.9 Å². The molecule has 2 atom stereocenters. The normalized spacial score (nSPS) is 18.4. The van der Waals surface area contributed by atoms with E-state index in [4.69, 9.17) is 19.2 Å². The van der Waals surface area contributed by atoms with Crippen LogP contribution in [0.3, 0.4) is 0 Å². The highest BCUT2D eigenvalue weighted by molar-refractivity contribution is 9.10. The number of likely N-dealkylation sites (tertiary alicyclic amines) is 1. The third kappa shape index (κ3) is 6.10. The van der Waals surface area contributed by atoms with Crippen LogP contribution in [0.5, 0.6) is 5.19 Å². The zero-order valence-corrected chi connectivity index (χ0v) is 26.7. The molecule has 0 aromatic carbocycles. The van der Waals surface area contributed by atoms with Gasteiger partial charge in [0.1, 0.15) is 28.0 Å². The molecule has 1 amide bonds. The molecule has 0 radical (unpaired) electrons. The van der Waals surface area contributed by atoms with Gasteiger partial charge in [0, 0.05) is 47.7 Å². The molecular formula is C27H32BrN5O5S2. The Hall–Kier alpha value is -2.77. The maximum Gasteiger partial charge on any atom is 0.419 e. The molecule has 5 heterocycles. The molecule has 0 unspecified atom stereocenters. The molecule has 5 rings (SSSR count). The number of rotatable bonds is 3. The van der Waals surface area contributed by atoms with Crippen LogP contribution in [-0.2, 0) is 9.47 Å². The van der Waals surface area contributed by atoms with Gasteiger partial charge in [0.15, 0.2) is 9.66 Å². The van der Waals surface area contributed by atoms with Crippen LogP contribution in [0.15, 0.2) is 22.9 Å². The fraction of sp³-hybridized carbons (Fsp3) is 0.519. The summed E-state index contributed by atoms with van der Waals surface area (Å²) in [5.74, 6) is 0. The van der Waals surface area contributed by atoms with E-state index in [-0.39, 0.29) is 18.2 Å². The summed E-state index contributed by atoms with van der Waals surface area (Å²) >= 11 is 6.31. The molecule has 0 aliphatic carbocycles. The maximum absolute atomic E-state index is 13.0. The van der Waals surface area contributed by atoms with Gasteiger partial charge in [0.25, 0.3) is 5.19 Å². The lowest BCUT2D eigenvalue weighted by molar-refractivity contribution is -0.00104. The van der Waals surface area contributed by atoms with Gasteiger partial charge in [-0.1, -0.05) is 22.7 Å². The number of fused-ring (bicyclic) bond motifs is 2. The number of carbonyl (C=O) groups is 2. The lowest BCUT2D eigenvalue weighted by Gasteiger charge is -2.37. The quantitative estimate of drug-likeness (QED) is 0.225. The van der Waals surface area contributed by atoms with Gasteiger partial charge >= 0.3 is 12.2 Å². The van der Waals surface area contributed by atoms with E-state index in [1.165, 1.54) is 27.2 Å². The van der Waals surface area contributed by atoms with Crippen molar-refractivity contribution in [3.63, 3.8) is 0 Å². The van der Waals surface area contributed by atoms with Crippen LogP contribution < -0.4 is 4.74 Å². The number of hydrogen-bond donors (Lipinski definition) is 0. The number of hydrogen-bond acceptors (Lipinski definition) is 10. The summed E-state index contributed by atoms with van der Waals surface area (Å²) in [6, 6.07) is 1.84. The van der Waals surface area contributed by atoms with Crippen LogP contribution in [0.2, 0.25) is 0 Å². The van der Waals surface area contributed by atoms with Gasteiger partial charge < -0.3 is 19.1 Å². The fourth-order valence-electron chi connectivity index (χ4n) is 4.48. The molecule has 0 N–H and O–H groups in total. The largest absolute Gasteiger partial charge is 0.466 e. The predicted octanol–water partition coefficient (Wildman–Crippen LogP) is 7.48. The summed E-state index contributed by atoms with van der Waals surface area (Å²) in [5, 5.41) is 2.04. The van der Waals surface area contributed by atoms with Crippen molar-refractivity contribution >= 4 is 71.4 Å². The number of nitrogens with zero attached hydrogens (tertiary/aromatic N) is 5. The molecular weight excluding hydrogens is 618 g/mol. The Kier molecular flexibility index (Phi) is 7.60. The van der Waals surface area contributed by atoms with Crippen LogP contribution in [-0.4, -0.2) is 66.5 Å². The minimum Gasteiger partial charge on any atom is -0.466 e. The van der Waals surface area contributed by atoms with Crippen molar-refractivity contribution in [2.45, 2.75) is 84.7 Å². The number of carbonyl (C=O) groups excluding carboxylic acids is 2. The van der Waals surface area contributed by atoms with E-state index in [1.54, 1.807) is 17.3 Å². The number of aromatic nitrogens is 4. The van der Waals surface area contributed by atoms with Crippen LogP contribution >= 0.6 is 38.6 Å². The average Bonchev–Trinajstić information content (AvgIpc) is 3.51. The molecule has 4 aromatic rings. The molecule has 1 fully saturated rings. The van der Waals surface area contributed by atoms with Gasteiger partial charge in [0.2, 0.25) is 0 Å². The molecule has 4 aromatic heterocycles. The van der Waals surface area contributed by atoms with Crippen molar-refractivity contribution < 1.29 is 23.8 Å². The minimum atomic E-state index is -0.637. The molecule has 10 nitrogen and oxygen atoms in total.